The molecule has 0 spiro atoms. The van der Waals surface area contributed by atoms with E-state index < -0.39 is 0 Å². The lowest BCUT2D eigenvalue weighted by Gasteiger charge is -2.06. The van der Waals surface area contributed by atoms with E-state index in [1.165, 1.54) is 0 Å². The molecule has 3 aromatic rings. The molecule has 0 aliphatic rings. The average molecular weight is 291 g/mol. The maximum atomic E-state index is 9.36. The molecule has 108 valence electrons. The summed E-state index contributed by atoms with van der Waals surface area (Å²) >= 11 is 0. The van der Waals surface area contributed by atoms with Crippen molar-refractivity contribution in [2.45, 2.75) is 0 Å². The van der Waals surface area contributed by atoms with Gasteiger partial charge in [0, 0.05) is 11.1 Å². The first-order valence-electron chi connectivity index (χ1n) is 6.61. The van der Waals surface area contributed by atoms with Crippen LogP contribution in [0.15, 0.2) is 65.9 Å². The third kappa shape index (κ3) is 2.76. The van der Waals surface area contributed by atoms with Crippen LogP contribution in [0.1, 0.15) is 11.4 Å². The second-order valence-corrected chi connectivity index (χ2v) is 4.56. The third-order valence-corrected chi connectivity index (χ3v) is 3.11. The maximum Gasteiger partial charge on any atom is 0.203 e. The predicted octanol–water partition coefficient (Wildman–Crippen LogP) is 1.96. The molecule has 0 amide bonds. The summed E-state index contributed by atoms with van der Waals surface area (Å²) in [6.07, 6.45) is 1.59. The first-order valence-corrected chi connectivity index (χ1v) is 6.61. The fraction of sp³-hybridized carbons (Fsp3) is 0. The van der Waals surface area contributed by atoms with Crippen LogP contribution in [0, 0.1) is 0 Å². The molecule has 6 heteroatoms. The summed E-state index contributed by atoms with van der Waals surface area (Å²) in [5.74, 6) is 5.97. The molecule has 0 atom stereocenters. The van der Waals surface area contributed by atoms with Gasteiger partial charge in [-0.15, -0.1) is 5.10 Å². The standard InChI is InChI=1S/C16H13N5O/c17-20-15(12-6-8-13(22)9-7-12)16-19-14(10-18-21-16)11-4-2-1-3-5-11/h1-10,22H,17H2/b20-15+. The van der Waals surface area contributed by atoms with Crippen molar-refractivity contribution in [3.8, 4) is 17.0 Å². The molecular weight excluding hydrogens is 278 g/mol. The molecule has 0 saturated carbocycles. The zero-order valence-electron chi connectivity index (χ0n) is 11.6. The molecule has 0 radical (unpaired) electrons. The summed E-state index contributed by atoms with van der Waals surface area (Å²) in [7, 11) is 0. The molecule has 0 fully saturated rings. The van der Waals surface area contributed by atoms with E-state index in [9.17, 15) is 5.11 Å². The molecule has 0 aliphatic carbocycles. The topological polar surface area (TPSA) is 97.3 Å². The molecule has 2 aromatic carbocycles. The summed E-state index contributed by atoms with van der Waals surface area (Å²) in [6, 6.07) is 16.1. The maximum absolute atomic E-state index is 9.36. The van der Waals surface area contributed by atoms with Crippen LogP contribution in [0.25, 0.3) is 11.3 Å². The Labute approximate surface area is 127 Å². The Morgan fingerprint density at radius 1 is 1.00 bits per heavy atom. The molecule has 22 heavy (non-hydrogen) atoms. The number of nitrogens with zero attached hydrogens (tertiary/aromatic N) is 4. The number of phenolic OH excluding ortho intramolecular Hbond substituents is 1. The highest BCUT2D eigenvalue weighted by atomic mass is 16.3. The van der Waals surface area contributed by atoms with Gasteiger partial charge in [-0.2, -0.15) is 10.2 Å². The van der Waals surface area contributed by atoms with E-state index in [1.807, 2.05) is 30.3 Å². The minimum atomic E-state index is 0.164. The zero-order valence-corrected chi connectivity index (χ0v) is 11.6. The Morgan fingerprint density at radius 3 is 2.41 bits per heavy atom. The summed E-state index contributed by atoms with van der Waals surface area (Å²) in [5, 5.41) is 21.1. The van der Waals surface area contributed by atoms with Crippen LogP contribution in [-0.4, -0.2) is 26.0 Å². The Morgan fingerprint density at radius 2 is 1.73 bits per heavy atom. The van der Waals surface area contributed by atoms with Gasteiger partial charge in [0.25, 0.3) is 0 Å². The van der Waals surface area contributed by atoms with Crippen LogP contribution in [0.4, 0.5) is 0 Å². The quantitative estimate of drug-likeness (QED) is 0.437. The van der Waals surface area contributed by atoms with Crippen LogP contribution < -0.4 is 5.84 Å². The largest absolute Gasteiger partial charge is 0.508 e. The van der Waals surface area contributed by atoms with E-state index in [0.717, 1.165) is 5.56 Å². The van der Waals surface area contributed by atoms with E-state index in [4.69, 9.17) is 5.84 Å². The minimum Gasteiger partial charge on any atom is -0.508 e. The highest BCUT2D eigenvalue weighted by Crippen LogP contribution is 2.17. The Kier molecular flexibility index (Phi) is 3.74. The number of phenols is 1. The number of hydrogen-bond acceptors (Lipinski definition) is 6. The van der Waals surface area contributed by atoms with Gasteiger partial charge in [-0.1, -0.05) is 30.3 Å². The van der Waals surface area contributed by atoms with Crippen molar-refractivity contribution in [3.05, 3.63) is 72.2 Å². The fourth-order valence-electron chi connectivity index (χ4n) is 2.03. The van der Waals surface area contributed by atoms with Gasteiger partial charge in [0.15, 0.2) is 0 Å². The van der Waals surface area contributed by atoms with E-state index in [2.05, 4.69) is 20.3 Å². The summed E-state index contributed by atoms with van der Waals surface area (Å²) < 4.78 is 0. The van der Waals surface area contributed by atoms with Gasteiger partial charge >= 0.3 is 0 Å². The molecule has 1 heterocycles. The van der Waals surface area contributed by atoms with Crippen LogP contribution in [-0.2, 0) is 0 Å². The van der Waals surface area contributed by atoms with Gasteiger partial charge in [0.1, 0.15) is 11.5 Å². The third-order valence-electron chi connectivity index (χ3n) is 3.11. The van der Waals surface area contributed by atoms with Gasteiger partial charge in [-0.05, 0) is 24.3 Å². The number of hydrogen-bond donors (Lipinski definition) is 2. The van der Waals surface area contributed by atoms with E-state index >= 15 is 0 Å². The zero-order chi connectivity index (χ0) is 15.4. The van der Waals surface area contributed by atoms with Gasteiger partial charge in [-0.3, -0.25) is 0 Å². The molecule has 0 saturated heterocycles. The smallest absolute Gasteiger partial charge is 0.203 e. The SMILES string of the molecule is N/N=C(\c1ccc(O)cc1)c1nncc(-c2ccccc2)n1. The number of rotatable bonds is 3. The van der Waals surface area contributed by atoms with Crippen molar-refractivity contribution in [2.24, 2.45) is 10.9 Å². The monoisotopic (exact) mass is 291 g/mol. The van der Waals surface area contributed by atoms with Crippen molar-refractivity contribution in [1.29, 1.82) is 0 Å². The van der Waals surface area contributed by atoms with E-state index in [0.29, 0.717) is 22.8 Å². The molecule has 3 N–H and O–H groups in total. The van der Waals surface area contributed by atoms with Gasteiger partial charge in [-0.25, -0.2) is 4.98 Å². The van der Waals surface area contributed by atoms with Crippen molar-refractivity contribution in [3.63, 3.8) is 0 Å². The van der Waals surface area contributed by atoms with Gasteiger partial charge in [0.2, 0.25) is 5.82 Å². The normalized spacial score (nSPS) is 11.4. The minimum absolute atomic E-state index is 0.164. The number of hydrazone groups is 1. The van der Waals surface area contributed by atoms with Gasteiger partial charge < -0.3 is 10.9 Å². The van der Waals surface area contributed by atoms with Crippen molar-refractivity contribution >= 4 is 5.71 Å². The van der Waals surface area contributed by atoms with Crippen LogP contribution in [0.5, 0.6) is 5.75 Å². The van der Waals surface area contributed by atoms with E-state index in [1.54, 1.807) is 30.5 Å². The number of aromatic nitrogens is 3. The molecular formula is C16H13N5O. The van der Waals surface area contributed by atoms with Crippen molar-refractivity contribution in [1.82, 2.24) is 15.2 Å². The Balaban J connectivity index is 2.02. The lowest BCUT2D eigenvalue weighted by atomic mass is 10.1. The summed E-state index contributed by atoms with van der Waals surface area (Å²) in [4.78, 5) is 4.47. The number of nitrogens with two attached hydrogens (primary N) is 1. The molecule has 3 rings (SSSR count). The first-order chi connectivity index (χ1) is 10.8. The lowest BCUT2D eigenvalue weighted by Crippen LogP contribution is -2.12. The molecule has 0 unspecified atom stereocenters. The Hall–Kier alpha value is -3.28. The van der Waals surface area contributed by atoms with Crippen molar-refractivity contribution < 1.29 is 5.11 Å². The summed E-state index contributed by atoms with van der Waals surface area (Å²) in [6.45, 7) is 0. The van der Waals surface area contributed by atoms with Gasteiger partial charge in [0.05, 0.1) is 11.9 Å². The number of aromatic hydroxyl groups is 1. The molecule has 0 aliphatic heterocycles. The highest BCUT2D eigenvalue weighted by Gasteiger charge is 2.12. The van der Waals surface area contributed by atoms with Crippen LogP contribution in [0.3, 0.4) is 0 Å². The molecule has 1 aromatic heterocycles. The predicted molar refractivity (Wildman–Crippen MR) is 83.2 cm³/mol. The van der Waals surface area contributed by atoms with E-state index in [-0.39, 0.29) is 5.75 Å². The fourth-order valence-corrected chi connectivity index (χ4v) is 2.03. The second kappa shape index (κ2) is 6.01. The lowest BCUT2D eigenvalue weighted by molar-refractivity contribution is 0.475. The summed E-state index contributed by atoms with van der Waals surface area (Å²) in [5.41, 5.74) is 2.73. The second-order valence-electron chi connectivity index (χ2n) is 4.56. The molecule has 0 bridgehead atoms. The first kappa shape index (κ1) is 13.7. The average Bonchev–Trinajstić information content (AvgIpc) is 2.58. The highest BCUT2D eigenvalue weighted by molar-refractivity contribution is 6.10. The van der Waals surface area contributed by atoms with Crippen LogP contribution >= 0.6 is 0 Å². The Bertz CT molecular complexity index is 800. The molecule has 6 nitrogen and oxygen atoms in total. The van der Waals surface area contributed by atoms with Crippen LogP contribution in [0.2, 0.25) is 0 Å². The number of benzene rings is 2. The van der Waals surface area contributed by atoms with Crippen molar-refractivity contribution in [2.75, 3.05) is 0 Å².